The van der Waals surface area contributed by atoms with Gasteiger partial charge < -0.3 is 13.8 Å². The maximum atomic E-state index is 5.79. The van der Waals surface area contributed by atoms with Crippen LogP contribution in [0.4, 0.5) is 0 Å². The molecule has 0 unspecified atom stereocenters. The van der Waals surface area contributed by atoms with Crippen LogP contribution >= 0.6 is 0 Å². The van der Waals surface area contributed by atoms with E-state index in [2.05, 4.69) is 5.16 Å². The van der Waals surface area contributed by atoms with Gasteiger partial charge in [0.15, 0.2) is 0 Å². The van der Waals surface area contributed by atoms with Crippen molar-refractivity contribution < 1.29 is 13.8 Å². The summed E-state index contributed by atoms with van der Waals surface area (Å²) in [6.07, 6.45) is 3.16. The first-order valence-electron chi connectivity index (χ1n) is 5.67. The number of nitrogens with zero attached hydrogens (tertiary/aromatic N) is 1. The van der Waals surface area contributed by atoms with Crippen molar-refractivity contribution in [2.45, 2.75) is 52.7 Å². The molecule has 1 aliphatic rings. The van der Waals surface area contributed by atoms with Gasteiger partial charge >= 0.3 is 7.12 Å². The standard InChI is InChI=1S/C9H14BNO3.C2H6/c1-8(2)9(3,4)14-10(13-8)7-5-11-12-6-7;1-2/h5-6H,1-4H3;1-2H3. The van der Waals surface area contributed by atoms with Gasteiger partial charge in [-0.15, -0.1) is 0 Å². The SMILES string of the molecule is CC.CC1(C)OB(c2cnoc2)OC1(C)C. The highest BCUT2D eigenvalue weighted by Gasteiger charge is 2.52. The first kappa shape index (κ1) is 13.3. The van der Waals surface area contributed by atoms with Crippen molar-refractivity contribution >= 4 is 12.6 Å². The van der Waals surface area contributed by atoms with E-state index in [4.69, 9.17) is 13.8 Å². The third-order valence-corrected chi connectivity index (χ3v) is 2.98. The fourth-order valence-corrected chi connectivity index (χ4v) is 1.31. The molecule has 5 heteroatoms. The number of hydrogen-bond donors (Lipinski definition) is 0. The zero-order valence-corrected chi connectivity index (χ0v) is 10.9. The summed E-state index contributed by atoms with van der Waals surface area (Å²) in [5.41, 5.74) is 0.202. The Hall–Kier alpha value is -0.805. The lowest BCUT2D eigenvalue weighted by atomic mass is 9.82. The molecule has 1 fully saturated rings. The number of hydrogen-bond acceptors (Lipinski definition) is 4. The molecule has 90 valence electrons. The van der Waals surface area contributed by atoms with Crippen molar-refractivity contribution in [3.8, 4) is 0 Å². The molecule has 1 aliphatic heterocycles. The largest absolute Gasteiger partial charge is 0.499 e. The summed E-state index contributed by atoms with van der Waals surface area (Å²) in [5.74, 6) is 0. The van der Waals surface area contributed by atoms with Crippen molar-refractivity contribution in [2.75, 3.05) is 0 Å². The van der Waals surface area contributed by atoms with Crippen LogP contribution in [0, 0.1) is 0 Å². The highest BCUT2D eigenvalue weighted by Crippen LogP contribution is 2.36. The Morgan fingerprint density at radius 3 is 1.94 bits per heavy atom. The third-order valence-electron chi connectivity index (χ3n) is 2.98. The van der Waals surface area contributed by atoms with Crippen LogP contribution in [-0.2, 0) is 9.31 Å². The molecule has 1 saturated heterocycles. The van der Waals surface area contributed by atoms with E-state index in [1.165, 1.54) is 0 Å². The highest BCUT2D eigenvalue weighted by atomic mass is 16.7. The molecule has 0 saturated carbocycles. The second-order valence-electron chi connectivity index (χ2n) is 4.55. The number of aromatic nitrogens is 1. The van der Waals surface area contributed by atoms with Crippen LogP contribution in [0.2, 0.25) is 0 Å². The van der Waals surface area contributed by atoms with E-state index in [0.717, 1.165) is 5.46 Å². The van der Waals surface area contributed by atoms with Crippen molar-refractivity contribution in [2.24, 2.45) is 0 Å². The Morgan fingerprint density at radius 1 is 1.06 bits per heavy atom. The molecule has 2 heterocycles. The molecule has 1 aromatic rings. The van der Waals surface area contributed by atoms with Gasteiger partial charge in [-0.25, -0.2) is 0 Å². The second-order valence-corrected chi connectivity index (χ2v) is 4.55. The lowest BCUT2D eigenvalue weighted by molar-refractivity contribution is 0.00578. The van der Waals surface area contributed by atoms with Gasteiger partial charge in [0.25, 0.3) is 0 Å². The lowest BCUT2D eigenvalue weighted by Crippen LogP contribution is -2.41. The van der Waals surface area contributed by atoms with Crippen molar-refractivity contribution in [1.82, 2.24) is 5.16 Å². The smallest absolute Gasteiger partial charge is 0.399 e. The number of rotatable bonds is 1. The van der Waals surface area contributed by atoms with Gasteiger partial charge in [-0.05, 0) is 27.7 Å². The average molecular weight is 225 g/mol. The monoisotopic (exact) mass is 225 g/mol. The molecule has 0 N–H and O–H groups in total. The van der Waals surface area contributed by atoms with Gasteiger partial charge in [-0.2, -0.15) is 0 Å². The van der Waals surface area contributed by atoms with E-state index >= 15 is 0 Å². The quantitative estimate of drug-likeness (QED) is 0.685. The van der Waals surface area contributed by atoms with Crippen molar-refractivity contribution in [1.29, 1.82) is 0 Å². The van der Waals surface area contributed by atoms with Crippen LogP contribution in [0.5, 0.6) is 0 Å². The summed E-state index contributed by atoms with van der Waals surface area (Å²) >= 11 is 0. The van der Waals surface area contributed by atoms with E-state index < -0.39 is 0 Å². The first-order chi connectivity index (χ1) is 7.42. The lowest BCUT2D eigenvalue weighted by Gasteiger charge is -2.32. The van der Waals surface area contributed by atoms with Crippen LogP contribution in [0.15, 0.2) is 17.0 Å². The van der Waals surface area contributed by atoms with Gasteiger partial charge in [0, 0.05) is 5.46 Å². The van der Waals surface area contributed by atoms with Gasteiger partial charge in [0.05, 0.1) is 17.4 Å². The third kappa shape index (κ3) is 2.30. The molecule has 4 nitrogen and oxygen atoms in total. The molecule has 0 aliphatic carbocycles. The molecule has 0 amide bonds. The maximum Gasteiger partial charge on any atom is 0.499 e. The zero-order valence-electron chi connectivity index (χ0n) is 10.9. The van der Waals surface area contributed by atoms with Crippen LogP contribution in [0.3, 0.4) is 0 Å². The summed E-state index contributed by atoms with van der Waals surface area (Å²) in [6, 6.07) is 0. The van der Waals surface area contributed by atoms with Crippen LogP contribution in [-0.4, -0.2) is 23.5 Å². The van der Waals surface area contributed by atoms with Crippen molar-refractivity contribution in [3.05, 3.63) is 12.5 Å². The molecular weight excluding hydrogens is 205 g/mol. The van der Waals surface area contributed by atoms with Crippen LogP contribution in [0.25, 0.3) is 0 Å². The van der Waals surface area contributed by atoms with E-state index in [0.29, 0.717) is 0 Å². The van der Waals surface area contributed by atoms with Crippen LogP contribution in [0.1, 0.15) is 41.5 Å². The average Bonchev–Trinajstić information content (AvgIpc) is 2.77. The van der Waals surface area contributed by atoms with Crippen LogP contribution < -0.4 is 5.46 Å². The Bertz CT molecular complexity index is 306. The predicted molar refractivity (Wildman–Crippen MR) is 63.6 cm³/mol. The Kier molecular flexibility index (Phi) is 3.81. The fraction of sp³-hybridized carbons (Fsp3) is 0.727. The van der Waals surface area contributed by atoms with E-state index in [1.54, 1.807) is 12.5 Å². The maximum absolute atomic E-state index is 5.79. The first-order valence-corrected chi connectivity index (χ1v) is 5.67. The zero-order chi connectivity index (χ0) is 12.4. The van der Waals surface area contributed by atoms with Gasteiger partial charge in [-0.1, -0.05) is 19.0 Å². The summed E-state index contributed by atoms with van der Waals surface area (Å²) in [4.78, 5) is 0. The van der Waals surface area contributed by atoms with Crippen molar-refractivity contribution in [3.63, 3.8) is 0 Å². The van der Waals surface area contributed by atoms with Gasteiger partial charge in [0.2, 0.25) is 0 Å². The second kappa shape index (κ2) is 4.59. The minimum absolute atomic E-state index is 0.311. The molecule has 0 spiro atoms. The Labute approximate surface area is 97.4 Å². The summed E-state index contributed by atoms with van der Waals surface area (Å²) in [7, 11) is -0.369. The Morgan fingerprint density at radius 2 is 1.56 bits per heavy atom. The molecule has 16 heavy (non-hydrogen) atoms. The summed E-state index contributed by atoms with van der Waals surface area (Å²) in [6.45, 7) is 12.1. The molecule has 0 aromatic carbocycles. The van der Waals surface area contributed by atoms with E-state index in [1.807, 2.05) is 41.5 Å². The van der Waals surface area contributed by atoms with E-state index in [-0.39, 0.29) is 18.3 Å². The minimum Gasteiger partial charge on any atom is -0.399 e. The predicted octanol–water partition coefficient (Wildman–Crippen LogP) is 2.00. The topological polar surface area (TPSA) is 44.5 Å². The molecule has 2 rings (SSSR count). The van der Waals surface area contributed by atoms with Gasteiger partial charge in [-0.3, -0.25) is 0 Å². The molecule has 0 bridgehead atoms. The molecule has 0 radical (unpaired) electrons. The minimum atomic E-state index is -0.369. The van der Waals surface area contributed by atoms with Gasteiger partial charge in [0.1, 0.15) is 6.26 Å². The highest BCUT2D eigenvalue weighted by molar-refractivity contribution is 6.61. The fourth-order valence-electron chi connectivity index (χ4n) is 1.31. The Balaban J connectivity index is 0.000000606. The normalized spacial score (nSPS) is 21.5. The van der Waals surface area contributed by atoms with E-state index in [9.17, 15) is 0 Å². The molecular formula is C11H20BNO3. The summed E-state index contributed by atoms with van der Waals surface area (Å²) in [5, 5.41) is 3.63. The molecule has 0 atom stereocenters. The molecule has 1 aromatic heterocycles. The summed E-state index contributed by atoms with van der Waals surface area (Å²) < 4.78 is 16.3.